The third-order valence-corrected chi connectivity index (χ3v) is 4.72. The monoisotopic (exact) mass is 352 g/mol. The van der Waals surface area contributed by atoms with Gasteiger partial charge in [-0.2, -0.15) is 0 Å². The predicted octanol–water partition coefficient (Wildman–Crippen LogP) is -4.62. The van der Waals surface area contributed by atoms with Gasteiger partial charge in [0.2, 0.25) is 0 Å². The van der Waals surface area contributed by atoms with Gasteiger partial charge in [0.05, 0.1) is 6.61 Å². The molecule has 0 spiro atoms. The second-order valence-corrected chi connectivity index (χ2v) is 6.21. The Balaban J connectivity index is 1.78. The number of carbonyl (C=O) groups is 1. The molecule has 3 fully saturated rings. The summed E-state index contributed by atoms with van der Waals surface area (Å²) >= 11 is 0. The lowest BCUT2D eigenvalue weighted by atomic mass is 9.82. The quantitative estimate of drug-likeness (QED) is 0.241. The van der Waals surface area contributed by atoms with Crippen molar-refractivity contribution in [3.63, 3.8) is 0 Å². The molecule has 1 saturated carbocycles. The molecule has 2 aliphatic heterocycles. The maximum Gasteiger partial charge on any atom is 0.312 e. The summed E-state index contributed by atoms with van der Waals surface area (Å²) in [5.41, 5.74) is 0. The zero-order valence-corrected chi connectivity index (χ0v) is 12.3. The van der Waals surface area contributed by atoms with Crippen LogP contribution in [0.5, 0.6) is 0 Å². The number of aliphatic hydroxyl groups is 6. The van der Waals surface area contributed by atoms with Gasteiger partial charge in [-0.15, -0.1) is 0 Å². The molecule has 7 N–H and O–H groups in total. The third-order valence-electron chi connectivity index (χ3n) is 4.72. The molecule has 0 aromatic carbocycles. The third kappa shape index (κ3) is 2.81. The largest absolute Gasteiger partial charge is 0.481 e. The fraction of sp³-hybridized carbons (Fsp3) is 0.923. The van der Waals surface area contributed by atoms with Crippen molar-refractivity contribution in [1.82, 2.24) is 0 Å². The molecule has 11 atom stereocenters. The van der Waals surface area contributed by atoms with Crippen LogP contribution in [0.2, 0.25) is 0 Å². The van der Waals surface area contributed by atoms with Crippen LogP contribution in [0.1, 0.15) is 0 Å². The highest BCUT2D eigenvalue weighted by atomic mass is 16.7. The van der Waals surface area contributed by atoms with Gasteiger partial charge in [-0.3, -0.25) is 4.79 Å². The van der Waals surface area contributed by atoms with Gasteiger partial charge in [0.25, 0.3) is 0 Å². The van der Waals surface area contributed by atoms with Crippen LogP contribution >= 0.6 is 0 Å². The standard InChI is InChI=1S/C13H20O11/c14-1-2-4(15)5(16)8(19)13(22-2)24-9-3(12(20)21)10-11(23-10)7(18)6(9)17/h2-11,13-19H,1H2,(H,20,21)/t2?,3?,4-,5+,6-,7?,8?,9-,10?,11+,13-/m1/s1. The number of aliphatic carboxylic acids is 1. The van der Waals surface area contributed by atoms with Crippen molar-refractivity contribution < 1.29 is 54.8 Å². The van der Waals surface area contributed by atoms with Gasteiger partial charge in [0.15, 0.2) is 6.29 Å². The summed E-state index contributed by atoms with van der Waals surface area (Å²) in [4.78, 5) is 11.4. The molecule has 3 rings (SSSR count). The molecule has 0 aromatic rings. The Morgan fingerprint density at radius 1 is 0.875 bits per heavy atom. The highest BCUT2D eigenvalue weighted by Gasteiger charge is 2.64. The lowest BCUT2D eigenvalue weighted by Gasteiger charge is -2.43. The van der Waals surface area contributed by atoms with E-state index in [1.165, 1.54) is 0 Å². The first kappa shape index (κ1) is 17.9. The van der Waals surface area contributed by atoms with Crippen molar-refractivity contribution in [2.75, 3.05) is 6.61 Å². The van der Waals surface area contributed by atoms with Crippen LogP contribution in [0.3, 0.4) is 0 Å². The molecule has 11 heteroatoms. The molecule has 2 saturated heterocycles. The molecule has 5 unspecified atom stereocenters. The van der Waals surface area contributed by atoms with Crippen LogP contribution in [0.4, 0.5) is 0 Å². The molecule has 0 bridgehead atoms. The summed E-state index contributed by atoms with van der Waals surface area (Å²) in [5.74, 6) is -2.65. The summed E-state index contributed by atoms with van der Waals surface area (Å²) in [6.07, 6.45) is -14.1. The van der Waals surface area contributed by atoms with Gasteiger partial charge in [0, 0.05) is 0 Å². The van der Waals surface area contributed by atoms with E-state index in [1.807, 2.05) is 0 Å². The second-order valence-electron chi connectivity index (χ2n) is 6.21. The first-order valence-corrected chi connectivity index (χ1v) is 7.48. The van der Waals surface area contributed by atoms with Crippen molar-refractivity contribution in [3.05, 3.63) is 0 Å². The van der Waals surface area contributed by atoms with Gasteiger partial charge in [0.1, 0.15) is 60.9 Å². The number of fused-ring (bicyclic) bond motifs is 1. The van der Waals surface area contributed by atoms with Crippen LogP contribution in [0.15, 0.2) is 0 Å². The zero-order valence-electron chi connectivity index (χ0n) is 12.3. The topological polar surface area (TPSA) is 190 Å². The van der Waals surface area contributed by atoms with Crippen LogP contribution in [-0.2, 0) is 19.0 Å². The molecule has 11 nitrogen and oxygen atoms in total. The van der Waals surface area contributed by atoms with E-state index in [9.17, 15) is 35.4 Å². The number of epoxide rings is 1. The average Bonchev–Trinajstić information content (AvgIpc) is 3.32. The van der Waals surface area contributed by atoms with Crippen LogP contribution in [0, 0.1) is 5.92 Å². The van der Waals surface area contributed by atoms with E-state index in [4.69, 9.17) is 19.3 Å². The molecule has 0 aromatic heterocycles. The SMILES string of the molecule is O=C(O)C1C2O[C@H]2C(O)[C@@H](O)[C@@H]1O[C@H]1OC(CO)[C@@H](O)[C@H](O)C1O. The summed E-state index contributed by atoms with van der Waals surface area (Å²) < 4.78 is 15.5. The summed E-state index contributed by atoms with van der Waals surface area (Å²) in [6, 6.07) is 0. The number of hydrogen-bond acceptors (Lipinski definition) is 10. The number of hydrogen-bond donors (Lipinski definition) is 7. The average molecular weight is 352 g/mol. The van der Waals surface area contributed by atoms with E-state index >= 15 is 0 Å². The van der Waals surface area contributed by atoms with Crippen molar-refractivity contribution >= 4 is 5.97 Å². The Kier molecular flexibility index (Phi) is 4.81. The summed E-state index contributed by atoms with van der Waals surface area (Å²) in [5, 5.41) is 67.8. The smallest absolute Gasteiger partial charge is 0.312 e. The second kappa shape index (κ2) is 6.44. The molecule has 1 aliphatic carbocycles. The van der Waals surface area contributed by atoms with E-state index < -0.39 is 79.7 Å². The lowest BCUT2D eigenvalue weighted by molar-refractivity contribution is -0.324. The minimum Gasteiger partial charge on any atom is -0.481 e. The summed E-state index contributed by atoms with van der Waals surface area (Å²) in [7, 11) is 0. The fourth-order valence-corrected chi connectivity index (χ4v) is 3.27. The first-order chi connectivity index (χ1) is 11.3. The van der Waals surface area contributed by atoms with Crippen molar-refractivity contribution in [2.24, 2.45) is 5.92 Å². The van der Waals surface area contributed by atoms with Gasteiger partial charge in [-0.1, -0.05) is 0 Å². The number of aliphatic hydroxyl groups excluding tert-OH is 6. The lowest BCUT2D eigenvalue weighted by Crippen LogP contribution is -2.62. The van der Waals surface area contributed by atoms with E-state index in [-0.39, 0.29) is 0 Å². The van der Waals surface area contributed by atoms with Crippen LogP contribution in [0.25, 0.3) is 0 Å². The van der Waals surface area contributed by atoms with Gasteiger partial charge < -0.3 is 50.0 Å². The molecular weight excluding hydrogens is 332 g/mol. The van der Waals surface area contributed by atoms with Gasteiger partial charge in [-0.05, 0) is 0 Å². The maximum atomic E-state index is 11.4. The Morgan fingerprint density at radius 2 is 1.54 bits per heavy atom. The van der Waals surface area contributed by atoms with Gasteiger partial charge in [-0.25, -0.2) is 0 Å². The highest BCUT2D eigenvalue weighted by molar-refractivity contribution is 5.72. The number of carboxylic acids is 1. The predicted molar refractivity (Wildman–Crippen MR) is 70.4 cm³/mol. The van der Waals surface area contributed by atoms with Crippen molar-refractivity contribution in [3.8, 4) is 0 Å². The highest BCUT2D eigenvalue weighted by Crippen LogP contribution is 2.43. The van der Waals surface area contributed by atoms with Crippen LogP contribution in [-0.4, -0.2) is 110 Å². The van der Waals surface area contributed by atoms with E-state index in [0.717, 1.165) is 0 Å². The Bertz CT molecular complexity index is 485. The minimum absolute atomic E-state index is 0.684. The number of rotatable bonds is 4. The normalized spacial score (nSPS) is 54.2. The fourth-order valence-electron chi connectivity index (χ4n) is 3.27. The molecule has 2 heterocycles. The molecule has 0 amide bonds. The molecule has 3 aliphatic rings. The van der Waals surface area contributed by atoms with Crippen LogP contribution < -0.4 is 0 Å². The Hall–Kier alpha value is -0.890. The molecule has 24 heavy (non-hydrogen) atoms. The Labute approximate surface area is 135 Å². The van der Waals surface area contributed by atoms with Crippen molar-refractivity contribution in [2.45, 2.75) is 61.2 Å². The first-order valence-electron chi connectivity index (χ1n) is 7.48. The molecular formula is C13H20O11. The summed E-state index contributed by atoms with van der Waals surface area (Å²) in [6.45, 7) is -0.684. The molecule has 138 valence electrons. The molecule has 0 radical (unpaired) electrons. The zero-order chi connectivity index (χ0) is 17.8. The van der Waals surface area contributed by atoms with Gasteiger partial charge >= 0.3 is 5.97 Å². The van der Waals surface area contributed by atoms with E-state index in [0.29, 0.717) is 0 Å². The minimum atomic E-state index is -1.75. The van der Waals surface area contributed by atoms with E-state index in [1.54, 1.807) is 0 Å². The maximum absolute atomic E-state index is 11.4. The van der Waals surface area contributed by atoms with E-state index in [2.05, 4.69) is 0 Å². The number of ether oxygens (including phenoxy) is 3. The van der Waals surface area contributed by atoms with Crippen molar-refractivity contribution in [1.29, 1.82) is 0 Å². The Morgan fingerprint density at radius 3 is 2.12 bits per heavy atom. The number of carboxylic acid groups (broad SMARTS) is 1.